The summed E-state index contributed by atoms with van der Waals surface area (Å²) in [6, 6.07) is 4.27. The summed E-state index contributed by atoms with van der Waals surface area (Å²) in [6.07, 6.45) is 0.826. The summed E-state index contributed by atoms with van der Waals surface area (Å²) in [5.41, 5.74) is -0.0590. The first-order valence-corrected chi connectivity index (χ1v) is 6.12. The lowest BCUT2D eigenvalue weighted by Crippen LogP contribution is -2.31. The number of hydrogen-bond acceptors (Lipinski definition) is 3. The second-order valence-corrected chi connectivity index (χ2v) is 4.16. The fourth-order valence-corrected chi connectivity index (χ4v) is 1.95. The molecule has 1 aromatic carbocycles. The number of amides is 1. The molecule has 0 atom stereocenters. The highest BCUT2D eigenvalue weighted by molar-refractivity contribution is 6.35. The van der Waals surface area contributed by atoms with Crippen LogP contribution < -0.4 is 0 Å². The zero-order chi connectivity index (χ0) is 13.7. The van der Waals surface area contributed by atoms with Crippen LogP contribution >= 0.6 is 11.6 Å². The molecule has 0 N–H and O–H groups in total. The van der Waals surface area contributed by atoms with E-state index in [1.54, 1.807) is 4.90 Å². The molecule has 6 heteroatoms. The molecule has 0 aliphatic heterocycles. The van der Waals surface area contributed by atoms with Crippen LogP contribution in [0.25, 0.3) is 0 Å². The predicted octanol–water partition coefficient (Wildman–Crippen LogP) is 3.12. The van der Waals surface area contributed by atoms with Crippen LogP contribution in [0.2, 0.25) is 5.02 Å². The summed E-state index contributed by atoms with van der Waals surface area (Å²) in [6.45, 7) is 4.98. The molecule has 0 aliphatic rings. The first kappa shape index (κ1) is 14.4. The van der Waals surface area contributed by atoms with Gasteiger partial charge in [-0.3, -0.25) is 14.9 Å². The highest BCUT2D eigenvalue weighted by Crippen LogP contribution is 2.28. The van der Waals surface area contributed by atoms with E-state index in [1.165, 1.54) is 18.2 Å². The van der Waals surface area contributed by atoms with Gasteiger partial charge in [-0.2, -0.15) is 0 Å². The molecule has 0 fully saturated rings. The van der Waals surface area contributed by atoms with Crippen molar-refractivity contribution in [2.45, 2.75) is 20.3 Å². The number of nitrogens with zero attached hydrogens (tertiary/aromatic N) is 2. The SMILES string of the molecule is CCCN(CC)C(=O)c1cccc([N+](=O)[O-])c1Cl. The van der Waals surface area contributed by atoms with Gasteiger partial charge in [0.25, 0.3) is 11.6 Å². The number of carbonyl (C=O) groups excluding carboxylic acids is 1. The Hall–Kier alpha value is -1.62. The van der Waals surface area contributed by atoms with E-state index < -0.39 is 4.92 Å². The first-order chi connectivity index (χ1) is 8.52. The minimum atomic E-state index is -0.588. The fourth-order valence-electron chi connectivity index (χ4n) is 1.67. The molecule has 0 spiro atoms. The lowest BCUT2D eigenvalue weighted by atomic mass is 10.1. The van der Waals surface area contributed by atoms with Gasteiger partial charge in [0.05, 0.1) is 10.5 Å². The van der Waals surface area contributed by atoms with Gasteiger partial charge in [0, 0.05) is 19.2 Å². The van der Waals surface area contributed by atoms with E-state index >= 15 is 0 Å². The fraction of sp³-hybridized carbons (Fsp3) is 0.417. The van der Waals surface area contributed by atoms with Crippen molar-refractivity contribution < 1.29 is 9.72 Å². The topological polar surface area (TPSA) is 63.5 Å². The molecule has 1 rings (SSSR count). The van der Waals surface area contributed by atoms with Gasteiger partial charge in [-0.25, -0.2) is 0 Å². The maximum Gasteiger partial charge on any atom is 0.288 e. The zero-order valence-corrected chi connectivity index (χ0v) is 11.1. The quantitative estimate of drug-likeness (QED) is 0.610. The van der Waals surface area contributed by atoms with Gasteiger partial charge in [0.1, 0.15) is 5.02 Å². The zero-order valence-electron chi connectivity index (χ0n) is 10.4. The Morgan fingerprint density at radius 1 is 1.44 bits per heavy atom. The Morgan fingerprint density at radius 3 is 2.61 bits per heavy atom. The highest BCUT2D eigenvalue weighted by atomic mass is 35.5. The number of rotatable bonds is 5. The van der Waals surface area contributed by atoms with E-state index in [2.05, 4.69) is 0 Å². The lowest BCUT2D eigenvalue weighted by molar-refractivity contribution is -0.384. The van der Waals surface area contributed by atoms with Crippen LogP contribution in [0.3, 0.4) is 0 Å². The first-order valence-electron chi connectivity index (χ1n) is 5.75. The third kappa shape index (κ3) is 2.98. The average molecular weight is 271 g/mol. The van der Waals surface area contributed by atoms with Crippen molar-refractivity contribution in [3.8, 4) is 0 Å². The molecule has 1 amide bonds. The van der Waals surface area contributed by atoms with Gasteiger partial charge >= 0.3 is 0 Å². The Morgan fingerprint density at radius 2 is 2.11 bits per heavy atom. The molecular weight excluding hydrogens is 256 g/mol. The van der Waals surface area contributed by atoms with Crippen LogP contribution in [0.1, 0.15) is 30.6 Å². The Balaban J connectivity index is 3.13. The summed E-state index contributed by atoms with van der Waals surface area (Å²) in [5.74, 6) is -0.270. The molecule has 98 valence electrons. The minimum Gasteiger partial charge on any atom is -0.339 e. The Kier molecular flexibility index (Phi) is 5.09. The van der Waals surface area contributed by atoms with Gasteiger partial charge in [-0.05, 0) is 19.4 Å². The summed E-state index contributed by atoms with van der Waals surface area (Å²) < 4.78 is 0. The van der Waals surface area contributed by atoms with E-state index in [-0.39, 0.29) is 22.2 Å². The van der Waals surface area contributed by atoms with Crippen molar-refractivity contribution >= 4 is 23.2 Å². The van der Waals surface area contributed by atoms with Gasteiger partial charge in [0.2, 0.25) is 0 Å². The van der Waals surface area contributed by atoms with Crippen LogP contribution in [0, 0.1) is 10.1 Å². The molecule has 0 unspecified atom stereocenters. The molecule has 0 saturated heterocycles. The summed E-state index contributed by atoms with van der Waals surface area (Å²) in [5, 5.41) is 10.7. The highest BCUT2D eigenvalue weighted by Gasteiger charge is 2.22. The molecule has 0 bridgehead atoms. The number of hydrogen-bond donors (Lipinski definition) is 0. The van der Waals surface area contributed by atoms with Crippen LogP contribution in [-0.4, -0.2) is 28.8 Å². The molecule has 5 nitrogen and oxygen atoms in total. The summed E-state index contributed by atoms with van der Waals surface area (Å²) in [7, 11) is 0. The minimum absolute atomic E-state index is 0.0953. The summed E-state index contributed by atoms with van der Waals surface area (Å²) >= 11 is 5.91. The molecular formula is C12H15ClN2O3. The Labute approximate surface area is 110 Å². The van der Waals surface area contributed by atoms with Gasteiger partial charge < -0.3 is 4.90 Å². The standard InChI is InChI=1S/C12H15ClN2O3/c1-3-8-14(4-2)12(16)9-6-5-7-10(11(9)13)15(17)18/h5-7H,3-4,8H2,1-2H3. The van der Waals surface area contributed by atoms with Crippen molar-refractivity contribution in [3.63, 3.8) is 0 Å². The van der Waals surface area contributed by atoms with Crippen molar-refractivity contribution in [1.82, 2.24) is 4.90 Å². The Bertz CT molecular complexity index is 463. The molecule has 0 saturated carbocycles. The second kappa shape index (κ2) is 6.35. The number of halogens is 1. The van der Waals surface area contributed by atoms with E-state index in [9.17, 15) is 14.9 Å². The van der Waals surface area contributed by atoms with Crippen LogP contribution in [0.4, 0.5) is 5.69 Å². The van der Waals surface area contributed by atoms with E-state index in [0.717, 1.165) is 6.42 Å². The van der Waals surface area contributed by atoms with Crippen molar-refractivity contribution in [3.05, 3.63) is 38.9 Å². The molecule has 0 aromatic heterocycles. The second-order valence-electron chi connectivity index (χ2n) is 3.78. The third-order valence-electron chi connectivity index (χ3n) is 2.57. The third-order valence-corrected chi connectivity index (χ3v) is 2.97. The summed E-state index contributed by atoms with van der Waals surface area (Å²) in [4.78, 5) is 24.0. The van der Waals surface area contributed by atoms with Crippen molar-refractivity contribution in [2.75, 3.05) is 13.1 Å². The van der Waals surface area contributed by atoms with Gasteiger partial charge in [-0.15, -0.1) is 0 Å². The number of nitro benzene ring substituents is 1. The van der Waals surface area contributed by atoms with Gasteiger partial charge in [-0.1, -0.05) is 24.6 Å². The van der Waals surface area contributed by atoms with Crippen LogP contribution in [-0.2, 0) is 0 Å². The van der Waals surface area contributed by atoms with Crippen LogP contribution in [0.5, 0.6) is 0 Å². The normalized spacial score (nSPS) is 10.2. The number of nitro groups is 1. The largest absolute Gasteiger partial charge is 0.339 e. The lowest BCUT2D eigenvalue weighted by Gasteiger charge is -2.20. The van der Waals surface area contributed by atoms with Gasteiger partial charge in [0.15, 0.2) is 0 Å². The van der Waals surface area contributed by atoms with Crippen LogP contribution in [0.15, 0.2) is 18.2 Å². The predicted molar refractivity (Wildman–Crippen MR) is 70.0 cm³/mol. The smallest absolute Gasteiger partial charge is 0.288 e. The average Bonchev–Trinajstić information content (AvgIpc) is 2.35. The van der Waals surface area contributed by atoms with E-state index in [0.29, 0.717) is 13.1 Å². The van der Waals surface area contributed by atoms with Crippen molar-refractivity contribution in [2.24, 2.45) is 0 Å². The van der Waals surface area contributed by atoms with E-state index in [4.69, 9.17) is 11.6 Å². The number of benzene rings is 1. The maximum atomic E-state index is 12.2. The van der Waals surface area contributed by atoms with E-state index in [1.807, 2.05) is 13.8 Å². The molecule has 18 heavy (non-hydrogen) atoms. The monoisotopic (exact) mass is 270 g/mol. The molecule has 0 heterocycles. The molecule has 0 aliphatic carbocycles. The molecule has 1 aromatic rings. The maximum absolute atomic E-state index is 12.2. The van der Waals surface area contributed by atoms with Crippen molar-refractivity contribution in [1.29, 1.82) is 0 Å². The molecule has 0 radical (unpaired) electrons. The number of carbonyl (C=O) groups is 1.